The molecule has 1 unspecified atom stereocenters. The van der Waals surface area contributed by atoms with Gasteiger partial charge in [0.15, 0.2) is 0 Å². The summed E-state index contributed by atoms with van der Waals surface area (Å²) in [6.07, 6.45) is 3.73. The van der Waals surface area contributed by atoms with Gasteiger partial charge in [0.25, 0.3) is 0 Å². The van der Waals surface area contributed by atoms with Gasteiger partial charge in [-0.25, -0.2) is 0 Å². The van der Waals surface area contributed by atoms with Crippen LogP contribution in [0.5, 0.6) is 0 Å². The van der Waals surface area contributed by atoms with Gasteiger partial charge in [0, 0.05) is 11.6 Å². The Bertz CT molecular complexity index is 469. The maximum Gasteiger partial charge on any atom is 0.223 e. The third-order valence-corrected chi connectivity index (χ3v) is 4.28. The predicted octanol–water partition coefficient (Wildman–Crippen LogP) is 2.57. The van der Waals surface area contributed by atoms with Gasteiger partial charge in [0.05, 0.1) is 18.1 Å². The SMILES string of the molecule is O=C(CC(O)c1ccc(Cl)cc1)NCC1(O)CCCCC1. The average Bonchev–Trinajstić information content (AvgIpc) is 2.47. The lowest BCUT2D eigenvalue weighted by molar-refractivity contribution is -0.124. The lowest BCUT2D eigenvalue weighted by atomic mass is 9.85. The van der Waals surface area contributed by atoms with Crippen molar-refractivity contribution >= 4 is 17.5 Å². The Balaban J connectivity index is 1.79. The molecule has 1 saturated carbocycles. The highest BCUT2D eigenvalue weighted by molar-refractivity contribution is 6.30. The molecule has 1 fully saturated rings. The first kappa shape index (κ1) is 16.3. The third kappa shape index (κ3) is 4.99. The van der Waals surface area contributed by atoms with Crippen LogP contribution >= 0.6 is 11.6 Å². The van der Waals surface area contributed by atoms with E-state index >= 15 is 0 Å². The summed E-state index contributed by atoms with van der Waals surface area (Å²) in [5.74, 6) is -0.253. The molecule has 5 heteroatoms. The number of rotatable bonds is 5. The molecule has 1 aliphatic carbocycles. The Morgan fingerprint density at radius 2 is 1.86 bits per heavy atom. The number of nitrogens with one attached hydrogen (secondary N) is 1. The summed E-state index contributed by atoms with van der Waals surface area (Å²) >= 11 is 5.78. The van der Waals surface area contributed by atoms with Crippen LogP contribution in [0.4, 0.5) is 0 Å². The van der Waals surface area contributed by atoms with Crippen molar-refractivity contribution in [3.8, 4) is 0 Å². The van der Waals surface area contributed by atoms with Crippen molar-refractivity contribution in [2.24, 2.45) is 0 Å². The van der Waals surface area contributed by atoms with Crippen LogP contribution in [0.1, 0.15) is 50.2 Å². The molecule has 1 amide bonds. The van der Waals surface area contributed by atoms with E-state index in [-0.39, 0.29) is 18.9 Å². The van der Waals surface area contributed by atoms with Crippen molar-refractivity contribution in [1.82, 2.24) is 5.32 Å². The van der Waals surface area contributed by atoms with E-state index in [1.54, 1.807) is 24.3 Å². The minimum absolute atomic E-state index is 0.0162. The number of hydrogen-bond acceptors (Lipinski definition) is 3. The van der Waals surface area contributed by atoms with E-state index in [2.05, 4.69) is 5.32 Å². The summed E-state index contributed by atoms with van der Waals surface area (Å²) in [5, 5.41) is 23.6. The van der Waals surface area contributed by atoms with Crippen LogP contribution in [0.25, 0.3) is 0 Å². The molecule has 0 spiro atoms. The van der Waals surface area contributed by atoms with E-state index in [1.165, 1.54) is 0 Å². The molecule has 0 aromatic heterocycles. The van der Waals surface area contributed by atoms with Crippen molar-refractivity contribution in [1.29, 1.82) is 0 Å². The van der Waals surface area contributed by atoms with E-state index in [1.807, 2.05) is 0 Å². The molecule has 0 bridgehead atoms. The molecule has 1 aromatic carbocycles. The third-order valence-electron chi connectivity index (χ3n) is 4.03. The molecular weight excluding hydrogens is 290 g/mol. The summed E-state index contributed by atoms with van der Waals surface area (Å²) in [6, 6.07) is 6.77. The van der Waals surface area contributed by atoms with Crippen LogP contribution in [-0.2, 0) is 4.79 Å². The first-order valence-electron chi connectivity index (χ1n) is 7.41. The molecule has 1 atom stereocenters. The Hall–Kier alpha value is -1.10. The van der Waals surface area contributed by atoms with Crippen molar-refractivity contribution in [2.45, 2.75) is 50.2 Å². The first-order valence-corrected chi connectivity index (χ1v) is 7.79. The van der Waals surface area contributed by atoms with Crippen LogP contribution in [0.2, 0.25) is 5.02 Å². The quantitative estimate of drug-likeness (QED) is 0.783. The molecule has 3 N–H and O–H groups in total. The molecule has 1 aliphatic rings. The van der Waals surface area contributed by atoms with E-state index < -0.39 is 11.7 Å². The van der Waals surface area contributed by atoms with Gasteiger partial charge >= 0.3 is 0 Å². The van der Waals surface area contributed by atoms with Gasteiger partial charge in [0.2, 0.25) is 5.91 Å². The van der Waals surface area contributed by atoms with Gasteiger partial charge in [-0.15, -0.1) is 0 Å². The van der Waals surface area contributed by atoms with Gasteiger partial charge in [-0.1, -0.05) is 43.0 Å². The number of halogens is 1. The number of benzene rings is 1. The lowest BCUT2D eigenvalue weighted by Gasteiger charge is -2.32. The minimum atomic E-state index is -0.858. The summed E-state index contributed by atoms with van der Waals surface area (Å²) in [7, 11) is 0. The van der Waals surface area contributed by atoms with Crippen molar-refractivity contribution in [3.63, 3.8) is 0 Å². The van der Waals surface area contributed by atoms with Crippen LogP contribution in [0.15, 0.2) is 24.3 Å². The van der Waals surface area contributed by atoms with Gasteiger partial charge in [0.1, 0.15) is 0 Å². The molecule has 1 aromatic rings. The Morgan fingerprint density at radius 3 is 2.48 bits per heavy atom. The minimum Gasteiger partial charge on any atom is -0.388 e. The zero-order chi connectivity index (χ0) is 15.3. The largest absolute Gasteiger partial charge is 0.388 e. The number of hydrogen-bond donors (Lipinski definition) is 3. The maximum atomic E-state index is 11.9. The van der Waals surface area contributed by atoms with Crippen LogP contribution in [-0.4, -0.2) is 28.3 Å². The second-order valence-electron chi connectivity index (χ2n) is 5.83. The highest BCUT2D eigenvalue weighted by Crippen LogP contribution is 2.27. The Kier molecular flexibility index (Phi) is 5.62. The van der Waals surface area contributed by atoms with Crippen molar-refractivity contribution < 1.29 is 15.0 Å². The Morgan fingerprint density at radius 1 is 1.24 bits per heavy atom. The second-order valence-corrected chi connectivity index (χ2v) is 6.27. The van der Waals surface area contributed by atoms with E-state index in [4.69, 9.17) is 11.6 Å². The molecule has 2 rings (SSSR count). The molecule has 0 radical (unpaired) electrons. The summed E-state index contributed by atoms with van der Waals surface area (Å²) in [5.41, 5.74) is -0.120. The van der Waals surface area contributed by atoms with Crippen LogP contribution in [0.3, 0.4) is 0 Å². The van der Waals surface area contributed by atoms with Gasteiger partial charge < -0.3 is 15.5 Å². The summed E-state index contributed by atoms with van der Waals surface area (Å²) in [4.78, 5) is 11.9. The van der Waals surface area contributed by atoms with Gasteiger partial charge in [-0.3, -0.25) is 4.79 Å². The lowest BCUT2D eigenvalue weighted by Crippen LogP contribution is -2.44. The summed E-state index contributed by atoms with van der Waals surface area (Å²) in [6.45, 7) is 0.263. The fourth-order valence-electron chi connectivity index (χ4n) is 2.70. The van der Waals surface area contributed by atoms with Gasteiger partial charge in [-0.2, -0.15) is 0 Å². The van der Waals surface area contributed by atoms with E-state index in [0.717, 1.165) is 32.1 Å². The Labute approximate surface area is 130 Å². The van der Waals surface area contributed by atoms with Gasteiger partial charge in [-0.05, 0) is 30.5 Å². The topological polar surface area (TPSA) is 69.6 Å². The maximum absolute atomic E-state index is 11.9. The molecule has 0 saturated heterocycles. The number of aliphatic hydroxyl groups excluding tert-OH is 1. The fraction of sp³-hybridized carbons (Fsp3) is 0.562. The molecular formula is C16H22ClNO3. The number of amides is 1. The zero-order valence-electron chi connectivity index (χ0n) is 12.0. The number of carbonyl (C=O) groups excluding carboxylic acids is 1. The normalized spacial score (nSPS) is 19.0. The monoisotopic (exact) mass is 311 g/mol. The van der Waals surface area contributed by atoms with Crippen LogP contribution in [0, 0.1) is 0 Å². The second kappa shape index (κ2) is 7.25. The highest BCUT2D eigenvalue weighted by atomic mass is 35.5. The van der Waals surface area contributed by atoms with Crippen LogP contribution < -0.4 is 5.32 Å². The molecule has 21 heavy (non-hydrogen) atoms. The predicted molar refractivity (Wildman–Crippen MR) is 82.1 cm³/mol. The molecule has 0 aliphatic heterocycles. The van der Waals surface area contributed by atoms with E-state index in [0.29, 0.717) is 10.6 Å². The first-order chi connectivity index (χ1) is 9.98. The molecule has 0 heterocycles. The smallest absolute Gasteiger partial charge is 0.223 e. The van der Waals surface area contributed by atoms with Crippen molar-refractivity contribution in [2.75, 3.05) is 6.54 Å². The average molecular weight is 312 g/mol. The molecule has 116 valence electrons. The molecule has 4 nitrogen and oxygen atoms in total. The summed E-state index contributed by atoms with van der Waals surface area (Å²) < 4.78 is 0. The highest BCUT2D eigenvalue weighted by Gasteiger charge is 2.29. The zero-order valence-corrected chi connectivity index (χ0v) is 12.8. The standard InChI is InChI=1S/C16H22ClNO3/c17-13-6-4-12(5-7-13)14(19)10-15(20)18-11-16(21)8-2-1-3-9-16/h4-7,14,19,21H,1-3,8-11H2,(H,18,20). The van der Waals surface area contributed by atoms with E-state index in [9.17, 15) is 15.0 Å². The number of aliphatic hydroxyl groups is 2. The number of carbonyl (C=O) groups is 1. The van der Waals surface area contributed by atoms with Crippen molar-refractivity contribution in [3.05, 3.63) is 34.9 Å². The fourth-order valence-corrected chi connectivity index (χ4v) is 2.83.